The molecule has 0 bridgehead atoms. The zero-order chi connectivity index (χ0) is 18.4. The number of hydrogen-bond acceptors (Lipinski definition) is 5. The predicted octanol–water partition coefficient (Wildman–Crippen LogP) is 2.85. The van der Waals surface area contributed by atoms with Gasteiger partial charge in [-0.15, -0.1) is 0 Å². The fourth-order valence-corrected chi connectivity index (χ4v) is 2.40. The summed E-state index contributed by atoms with van der Waals surface area (Å²) in [5, 5.41) is 2.93. The van der Waals surface area contributed by atoms with Crippen LogP contribution in [0.3, 0.4) is 0 Å². The predicted molar refractivity (Wildman–Crippen MR) is 93.9 cm³/mol. The lowest BCUT2D eigenvalue weighted by Gasteiger charge is -2.23. The van der Waals surface area contributed by atoms with Crippen LogP contribution in [0.5, 0.6) is 11.5 Å². The summed E-state index contributed by atoms with van der Waals surface area (Å²) in [7, 11) is 1.61. The number of rotatable bonds is 7. The third kappa shape index (κ3) is 5.11. The van der Waals surface area contributed by atoms with Crippen LogP contribution in [0.1, 0.15) is 31.2 Å². The molecule has 6 heteroatoms. The topological polar surface area (TPSA) is 77.8 Å². The average Bonchev–Trinajstić information content (AvgIpc) is 2.59. The van der Waals surface area contributed by atoms with Crippen molar-refractivity contribution in [2.24, 2.45) is 5.92 Å². The van der Waals surface area contributed by atoms with Crippen molar-refractivity contribution in [1.29, 1.82) is 0 Å². The molecule has 0 spiro atoms. The molecule has 1 aromatic carbocycles. The monoisotopic (exact) mass is 345 g/mol. The van der Waals surface area contributed by atoms with E-state index < -0.39 is 0 Å². The molecule has 1 amide bonds. The van der Waals surface area contributed by atoms with E-state index >= 15 is 0 Å². The van der Waals surface area contributed by atoms with E-state index in [1.807, 2.05) is 38.1 Å². The van der Waals surface area contributed by atoms with Crippen molar-refractivity contribution in [3.05, 3.63) is 58.1 Å². The summed E-state index contributed by atoms with van der Waals surface area (Å²) in [5.74, 6) is 1.13. The van der Waals surface area contributed by atoms with Crippen molar-refractivity contribution in [2.45, 2.75) is 26.8 Å². The maximum Gasteiger partial charge on any atom is 0.258 e. The molecule has 1 N–H and O–H groups in total. The van der Waals surface area contributed by atoms with E-state index in [2.05, 4.69) is 5.32 Å². The van der Waals surface area contributed by atoms with Gasteiger partial charge in [-0.3, -0.25) is 9.59 Å². The summed E-state index contributed by atoms with van der Waals surface area (Å²) in [6, 6.07) is 8.69. The van der Waals surface area contributed by atoms with Gasteiger partial charge in [0.05, 0.1) is 13.2 Å². The van der Waals surface area contributed by atoms with Gasteiger partial charge in [-0.05, 0) is 30.5 Å². The number of carbonyl (C=O) groups is 1. The van der Waals surface area contributed by atoms with Crippen LogP contribution in [-0.2, 0) is 4.79 Å². The van der Waals surface area contributed by atoms with Gasteiger partial charge < -0.3 is 19.2 Å². The molecule has 2 rings (SSSR count). The molecule has 0 aliphatic rings. The summed E-state index contributed by atoms with van der Waals surface area (Å²) in [5.41, 5.74) is 0.658. The number of methoxy groups -OCH3 is 1. The van der Waals surface area contributed by atoms with Crippen LogP contribution in [0.4, 0.5) is 0 Å². The lowest BCUT2D eigenvalue weighted by molar-refractivity contribution is -0.124. The number of nitrogens with one attached hydrogen (secondary N) is 1. The smallest absolute Gasteiger partial charge is 0.258 e. The Morgan fingerprint density at radius 1 is 1.24 bits per heavy atom. The molecule has 0 aliphatic carbocycles. The summed E-state index contributed by atoms with van der Waals surface area (Å²) in [6.45, 7) is 5.45. The van der Waals surface area contributed by atoms with E-state index in [9.17, 15) is 9.59 Å². The minimum Gasteiger partial charge on any atom is -0.497 e. The minimum atomic E-state index is -0.313. The van der Waals surface area contributed by atoms with Crippen LogP contribution < -0.4 is 20.2 Å². The van der Waals surface area contributed by atoms with Gasteiger partial charge in [-0.25, -0.2) is 0 Å². The van der Waals surface area contributed by atoms with Gasteiger partial charge in [-0.1, -0.05) is 26.0 Å². The van der Waals surface area contributed by atoms with Gasteiger partial charge in [0.15, 0.2) is 6.61 Å². The Kier molecular flexibility index (Phi) is 6.22. The van der Waals surface area contributed by atoms with E-state index in [4.69, 9.17) is 13.9 Å². The van der Waals surface area contributed by atoms with E-state index in [0.717, 1.165) is 11.3 Å². The molecule has 1 atom stereocenters. The molecule has 6 nitrogen and oxygen atoms in total. The van der Waals surface area contributed by atoms with Crippen molar-refractivity contribution >= 4 is 5.91 Å². The zero-order valence-electron chi connectivity index (χ0n) is 14.9. The van der Waals surface area contributed by atoms with Crippen LogP contribution in [0, 0.1) is 12.8 Å². The third-order valence-corrected chi connectivity index (χ3v) is 3.75. The molecule has 0 saturated heterocycles. The Hall–Kier alpha value is -2.76. The Balaban J connectivity index is 2.01. The van der Waals surface area contributed by atoms with Gasteiger partial charge in [0.25, 0.3) is 5.91 Å². The van der Waals surface area contributed by atoms with Gasteiger partial charge in [0, 0.05) is 6.07 Å². The molecule has 1 aromatic heterocycles. The quantitative estimate of drug-likeness (QED) is 0.835. The van der Waals surface area contributed by atoms with Crippen LogP contribution in [0.2, 0.25) is 0 Å². The molecule has 0 radical (unpaired) electrons. The van der Waals surface area contributed by atoms with Crippen molar-refractivity contribution in [3.63, 3.8) is 0 Å². The van der Waals surface area contributed by atoms with Crippen LogP contribution >= 0.6 is 0 Å². The number of hydrogen-bond donors (Lipinski definition) is 1. The second-order valence-electron chi connectivity index (χ2n) is 6.07. The number of ether oxygens (including phenoxy) is 2. The first kappa shape index (κ1) is 18.6. The maximum absolute atomic E-state index is 12.2. The van der Waals surface area contributed by atoms with Crippen molar-refractivity contribution in [1.82, 2.24) is 5.32 Å². The second kappa shape index (κ2) is 8.37. The molecule has 134 valence electrons. The lowest BCUT2D eigenvalue weighted by Crippen LogP contribution is -2.35. The molecular formula is C19H23NO5. The van der Waals surface area contributed by atoms with E-state index in [-0.39, 0.29) is 35.7 Å². The Bertz CT molecular complexity index is 764. The summed E-state index contributed by atoms with van der Waals surface area (Å²) in [6.07, 6.45) is 1.22. The average molecular weight is 345 g/mol. The second-order valence-corrected chi connectivity index (χ2v) is 6.07. The molecule has 0 aliphatic heterocycles. The summed E-state index contributed by atoms with van der Waals surface area (Å²) >= 11 is 0. The van der Waals surface area contributed by atoms with Crippen molar-refractivity contribution < 1.29 is 18.7 Å². The maximum atomic E-state index is 12.2. The molecule has 0 fully saturated rings. The highest BCUT2D eigenvalue weighted by Crippen LogP contribution is 2.23. The Labute approximate surface area is 146 Å². The standard InChI is InChI=1S/C19H23NO5/c1-12(2)19(14-5-7-15(23-4)8-6-14)20-18(22)11-25-17-10-24-13(3)9-16(17)21/h5-10,12,19H,11H2,1-4H3,(H,20,22)/t19-/m1/s1. The van der Waals surface area contributed by atoms with Crippen molar-refractivity contribution in [3.8, 4) is 11.5 Å². The van der Waals surface area contributed by atoms with Gasteiger partial charge >= 0.3 is 0 Å². The van der Waals surface area contributed by atoms with E-state index in [1.165, 1.54) is 12.3 Å². The largest absolute Gasteiger partial charge is 0.497 e. The number of carbonyl (C=O) groups excluding carboxylic acids is 1. The molecule has 2 aromatic rings. The van der Waals surface area contributed by atoms with Crippen LogP contribution in [0.25, 0.3) is 0 Å². The number of aryl methyl sites for hydroxylation is 1. The third-order valence-electron chi connectivity index (χ3n) is 3.75. The highest BCUT2D eigenvalue weighted by Gasteiger charge is 2.19. The van der Waals surface area contributed by atoms with Gasteiger partial charge in [0.2, 0.25) is 11.2 Å². The Morgan fingerprint density at radius 3 is 2.48 bits per heavy atom. The van der Waals surface area contributed by atoms with Gasteiger partial charge in [0.1, 0.15) is 17.8 Å². The minimum absolute atomic E-state index is 0.0197. The van der Waals surface area contributed by atoms with Crippen LogP contribution in [-0.4, -0.2) is 19.6 Å². The fraction of sp³-hybridized carbons (Fsp3) is 0.368. The van der Waals surface area contributed by atoms with Crippen molar-refractivity contribution in [2.75, 3.05) is 13.7 Å². The highest BCUT2D eigenvalue weighted by molar-refractivity contribution is 5.78. The highest BCUT2D eigenvalue weighted by atomic mass is 16.5. The molecule has 1 heterocycles. The molecule has 0 saturated carbocycles. The molecular weight excluding hydrogens is 322 g/mol. The lowest BCUT2D eigenvalue weighted by atomic mass is 9.96. The SMILES string of the molecule is COc1ccc([C@H](NC(=O)COc2coc(C)cc2=O)C(C)C)cc1. The first-order valence-corrected chi connectivity index (χ1v) is 8.06. The van der Waals surface area contributed by atoms with Crippen LogP contribution in [0.15, 0.2) is 45.8 Å². The number of amides is 1. The zero-order valence-corrected chi connectivity index (χ0v) is 14.9. The summed E-state index contributed by atoms with van der Waals surface area (Å²) in [4.78, 5) is 23.9. The van der Waals surface area contributed by atoms with E-state index in [0.29, 0.717) is 5.76 Å². The van der Waals surface area contributed by atoms with E-state index in [1.54, 1.807) is 14.0 Å². The fourth-order valence-electron chi connectivity index (χ4n) is 2.40. The normalized spacial score (nSPS) is 11.9. The Morgan fingerprint density at radius 2 is 1.92 bits per heavy atom. The van der Waals surface area contributed by atoms with Gasteiger partial charge in [-0.2, -0.15) is 0 Å². The first-order valence-electron chi connectivity index (χ1n) is 8.06. The number of benzene rings is 1. The molecule has 0 unspecified atom stereocenters. The summed E-state index contributed by atoms with van der Waals surface area (Å²) < 4.78 is 15.5. The molecule has 25 heavy (non-hydrogen) atoms. The first-order chi connectivity index (χ1) is 11.9.